The number of carboxylic acid groups (broad SMARTS) is 1. The number of carbonyl (C=O) groups is 1. The number of ether oxygens (including phenoxy) is 3. The van der Waals surface area contributed by atoms with E-state index in [2.05, 4.69) is 11.9 Å². The van der Waals surface area contributed by atoms with E-state index in [0.29, 0.717) is 35.3 Å². The van der Waals surface area contributed by atoms with E-state index >= 15 is 0 Å². The van der Waals surface area contributed by atoms with Crippen LogP contribution in [0.15, 0.2) is 41.8 Å². The van der Waals surface area contributed by atoms with Crippen LogP contribution < -0.4 is 14.2 Å². The van der Waals surface area contributed by atoms with Crippen molar-refractivity contribution in [2.45, 2.75) is 13.8 Å². The van der Waals surface area contributed by atoms with E-state index in [9.17, 15) is 4.79 Å². The summed E-state index contributed by atoms with van der Waals surface area (Å²) in [5, 5.41) is 11.2. The Balaban J connectivity index is 1.73. The lowest BCUT2D eigenvalue weighted by Gasteiger charge is -2.14. The maximum atomic E-state index is 11.1. The molecule has 0 amide bonds. The third-order valence-electron chi connectivity index (χ3n) is 4.23. The topological polar surface area (TPSA) is 77.9 Å². The highest BCUT2D eigenvalue weighted by Gasteiger charge is 2.17. The highest BCUT2D eigenvalue weighted by Crippen LogP contribution is 2.39. The Kier molecular flexibility index (Phi) is 6.16. The van der Waals surface area contributed by atoms with Gasteiger partial charge in [-0.1, -0.05) is 12.1 Å². The van der Waals surface area contributed by atoms with Crippen molar-refractivity contribution in [2.24, 2.45) is 0 Å². The molecule has 7 heteroatoms. The fourth-order valence-corrected chi connectivity index (χ4v) is 3.41. The van der Waals surface area contributed by atoms with Gasteiger partial charge in [0.2, 0.25) is 0 Å². The molecule has 3 aromatic rings. The van der Waals surface area contributed by atoms with Crippen molar-refractivity contribution in [3.8, 4) is 27.8 Å². The van der Waals surface area contributed by atoms with E-state index < -0.39 is 5.97 Å². The molecular formula is C21H21NO5S. The summed E-state index contributed by atoms with van der Waals surface area (Å²) in [6.07, 6.45) is 0. The Labute approximate surface area is 167 Å². The molecule has 0 aliphatic heterocycles. The zero-order valence-electron chi connectivity index (χ0n) is 15.9. The van der Waals surface area contributed by atoms with Crippen LogP contribution >= 0.6 is 11.3 Å². The highest BCUT2D eigenvalue weighted by molar-refractivity contribution is 7.13. The van der Waals surface area contributed by atoms with Gasteiger partial charge in [0, 0.05) is 5.38 Å². The Hall–Kier alpha value is -3.06. The van der Waals surface area contributed by atoms with Crippen LogP contribution in [0, 0.1) is 13.8 Å². The van der Waals surface area contributed by atoms with Gasteiger partial charge < -0.3 is 19.3 Å². The second-order valence-corrected chi connectivity index (χ2v) is 6.98. The number of hydrogen-bond donors (Lipinski definition) is 1. The second-order valence-electron chi connectivity index (χ2n) is 6.12. The lowest BCUT2D eigenvalue weighted by atomic mass is 10.1. The van der Waals surface area contributed by atoms with Crippen molar-refractivity contribution in [3.63, 3.8) is 0 Å². The van der Waals surface area contributed by atoms with Gasteiger partial charge >= 0.3 is 5.97 Å². The van der Waals surface area contributed by atoms with Crippen molar-refractivity contribution in [3.05, 3.63) is 58.6 Å². The Morgan fingerprint density at radius 3 is 2.57 bits per heavy atom. The van der Waals surface area contributed by atoms with E-state index in [0.717, 1.165) is 5.75 Å². The Morgan fingerprint density at radius 2 is 1.89 bits per heavy atom. The van der Waals surface area contributed by atoms with Crippen LogP contribution in [0.4, 0.5) is 0 Å². The summed E-state index contributed by atoms with van der Waals surface area (Å²) in [4.78, 5) is 15.3. The standard InChI is InChI=1S/C21H21NO5S/c1-13-7-8-15(11-14(13)2)26-9-10-27-19-16(5-4-6-18(19)25-3)20-22-17(12-28-20)21(23)24/h4-8,11-12H,9-10H2,1-3H3,(H,23,24). The van der Waals surface area contributed by atoms with Crippen molar-refractivity contribution >= 4 is 17.3 Å². The molecule has 3 rings (SSSR count). The number of aryl methyl sites for hydroxylation is 2. The number of aromatic carboxylic acids is 1. The third kappa shape index (κ3) is 4.43. The van der Waals surface area contributed by atoms with Crippen molar-refractivity contribution in [1.29, 1.82) is 0 Å². The Bertz CT molecular complexity index is 983. The van der Waals surface area contributed by atoms with Gasteiger partial charge in [0.15, 0.2) is 17.2 Å². The normalized spacial score (nSPS) is 10.5. The first kappa shape index (κ1) is 19.7. The van der Waals surface area contributed by atoms with Gasteiger partial charge in [0.25, 0.3) is 0 Å². The number of nitrogens with zero attached hydrogens (tertiary/aromatic N) is 1. The van der Waals surface area contributed by atoms with Crippen LogP contribution in [-0.2, 0) is 0 Å². The number of aromatic nitrogens is 1. The predicted octanol–water partition coefficient (Wildman–Crippen LogP) is 4.59. The summed E-state index contributed by atoms with van der Waals surface area (Å²) >= 11 is 1.24. The van der Waals surface area contributed by atoms with Gasteiger partial charge in [-0.05, 0) is 49.2 Å². The smallest absolute Gasteiger partial charge is 0.355 e. The molecule has 6 nitrogen and oxygen atoms in total. The van der Waals surface area contributed by atoms with E-state index in [1.807, 2.05) is 37.3 Å². The first-order chi connectivity index (χ1) is 13.5. The van der Waals surface area contributed by atoms with Crippen molar-refractivity contribution in [1.82, 2.24) is 4.98 Å². The molecule has 0 aliphatic rings. The molecule has 2 aromatic carbocycles. The predicted molar refractivity (Wildman–Crippen MR) is 108 cm³/mol. The van der Waals surface area contributed by atoms with E-state index in [1.165, 1.54) is 27.8 Å². The number of thiazole rings is 1. The van der Waals surface area contributed by atoms with Crippen LogP contribution in [-0.4, -0.2) is 36.4 Å². The van der Waals surface area contributed by atoms with Crippen LogP contribution in [0.5, 0.6) is 17.2 Å². The van der Waals surface area contributed by atoms with Crippen LogP contribution in [0.25, 0.3) is 10.6 Å². The largest absolute Gasteiger partial charge is 0.493 e. The molecule has 0 spiro atoms. The number of carboxylic acids is 1. The first-order valence-corrected chi connectivity index (χ1v) is 9.56. The lowest BCUT2D eigenvalue weighted by Crippen LogP contribution is -2.10. The molecule has 0 unspecified atom stereocenters. The number of benzene rings is 2. The molecule has 1 N–H and O–H groups in total. The summed E-state index contributed by atoms with van der Waals surface area (Å²) in [5.74, 6) is 0.795. The minimum Gasteiger partial charge on any atom is -0.493 e. The molecule has 28 heavy (non-hydrogen) atoms. The molecule has 0 radical (unpaired) electrons. The SMILES string of the molecule is COc1cccc(-c2nc(C(=O)O)cs2)c1OCCOc1ccc(C)c(C)c1. The average Bonchev–Trinajstić information content (AvgIpc) is 3.18. The molecule has 0 aliphatic carbocycles. The summed E-state index contributed by atoms with van der Waals surface area (Å²) < 4.78 is 17.1. The molecule has 0 atom stereocenters. The monoisotopic (exact) mass is 399 g/mol. The molecular weight excluding hydrogens is 378 g/mol. The number of para-hydroxylation sites is 1. The van der Waals surface area contributed by atoms with Crippen molar-refractivity contribution < 1.29 is 24.1 Å². The molecule has 0 saturated carbocycles. The average molecular weight is 399 g/mol. The summed E-state index contributed by atoms with van der Waals surface area (Å²) in [6.45, 7) is 4.76. The molecule has 146 valence electrons. The first-order valence-electron chi connectivity index (χ1n) is 8.68. The van der Waals surface area contributed by atoms with Gasteiger partial charge in [-0.25, -0.2) is 9.78 Å². The highest BCUT2D eigenvalue weighted by atomic mass is 32.1. The summed E-state index contributed by atoms with van der Waals surface area (Å²) in [7, 11) is 1.56. The number of hydrogen-bond acceptors (Lipinski definition) is 6. The zero-order chi connectivity index (χ0) is 20.1. The second kappa shape index (κ2) is 8.75. The van der Waals surface area contributed by atoms with E-state index in [4.69, 9.17) is 19.3 Å². The van der Waals surface area contributed by atoms with Crippen molar-refractivity contribution in [2.75, 3.05) is 20.3 Å². The zero-order valence-corrected chi connectivity index (χ0v) is 16.7. The molecule has 1 aromatic heterocycles. The number of methoxy groups -OCH3 is 1. The summed E-state index contributed by atoms with van der Waals surface area (Å²) in [6, 6.07) is 11.4. The number of rotatable bonds is 8. The van der Waals surface area contributed by atoms with Gasteiger partial charge in [0.05, 0.1) is 12.7 Å². The molecule has 1 heterocycles. The van der Waals surface area contributed by atoms with Gasteiger partial charge in [-0.15, -0.1) is 11.3 Å². The minimum absolute atomic E-state index is 0.00634. The van der Waals surface area contributed by atoms with Crippen LogP contribution in [0.2, 0.25) is 0 Å². The quantitative estimate of drug-likeness (QED) is 0.558. The van der Waals surface area contributed by atoms with Gasteiger partial charge in [-0.2, -0.15) is 0 Å². The fraction of sp³-hybridized carbons (Fsp3) is 0.238. The van der Waals surface area contributed by atoms with Gasteiger partial charge in [-0.3, -0.25) is 0 Å². The van der Waals surface area contributed by atoms with E-state index in [1.54, 1.807) is 13.2 Å². The molecule has 0 fully saturated rings. The van der Waals surface area contributed by atoms with Crippen LogP contribution in [0.1, 0.15) is 21.6 Å². The summed E-state index contributed by atoms with van der Waals surface area (Å²) in [5.41, 5.74) is 3.07. The molecule has 0 saturated heterocycles. The minimum atomic E-state index is -1.06. The van der Waals surface area contributed by atoms with Crippen LogP contribution in [0.3, 0.4) is 0 Å². The van der Waals surface area contributed by atoms with Gasteiger partial charge in [0.1, 0.15) is 24.0 Å². The maximum absolute atomic E-state index is 11.1. The third-order valence-corrected chi connectivity index (χ3v) is 5.10. The molecule has 0 bridgehead atoms. The lowest BCUT2D eigenvalue weighted by molar-refractivity contribution is 0.0691. The maximum Gasteiger partial charge on any atom is 0.355 e. The van der Waals surface area contributed by atoms with E-state index in [-0.39, 0.29) is 5.69 Å². The Morgan fingerprint density at radius 1 is 1.11 bits per heavy atom. The fourth-order valence-electron chi connectivity index (χ4n) is 2.60.